The summed E-state index contributed by atoms with van der Waals surface area (Å²) >= 11 is 0. The molecule has 1 aromatic heterocycles. The Kier molecular flexibility index (Phi) is 3.25. The monoisotopic (exact) mass is 257 g/mol. The van der Waals surface area contributed by atoms with E-state index in [-0.39, 0.29) is 5.91 Å². The molecule has 1 saturated heterocycles. The molecule has 0 unspecified atom stereocenters. The zero-order valence-electron chi connectivity index (χ0n) is 11.2. The summed E-state index contributed by atoms with van der Waals surface area (Å²) < 4.78 is 0. The lowest BCUT2D eigenvalue weighted by Crippen LogP contribution is -2.34. The van der Waals surface area contributed by atoms with E-state index in [1.807, 2.05) is 17.0 Å². The lowest BCUT2D eigenvalue weighted by atomic mass is 10.2. The predicted molar refractivity (Wildman–Crippen MR) is 76.4 cm³/mol. The summed E-state index contributed by atoms with van der Waals surface area (Å²) in [6.45, 7) is 5.56. The fourth-order valence-corrected chi connectivity index (χ4v) is 2.59. The minimum atomic E-state index is 0.109. The number of carbonyl (C=O) groups is 1. The Labute approximate surface area is 112 Å². The maximum Gasteiger partial charge on any atom is 0.270 e. The Bertz CT molecular complexity index is 594. The molecular weight excluding hydrogens is 238 g/mol. The standard InChI is InChI=1S/C15H19N3O/c1-11-3-4-13-12(9-11)10-14(17-13)15(19)18-7-2-5-16-6-8-18/h3-4,9-10,16-17H,2,5-8H2,1H3. The van der Waals surface area contributed by atoms with E-state index in [4.69, 9.17) is 0 Å². The number of benzene rings is 1. The van der Waals surface area contributed by atoms with Crippen LogP contribution in [0.15, 0.2) is 24.3 Å². The molecule has 0 atom stereocenters. The van der Waals surface area contributed by atoms with E-state index >= 15 is 0 Å². The van der Waals surface area contributed by atoms with Crippen LogP contribution >= 0.6 is 0 Å². The second-order valence-electron chi connectivity index (χ2n) is 5.17. The number of hydrogen-bond acceptors (Lipinski definition) is 2. The Balaban J connectivity index is 1.88. The number of hydrogen-bond donors (Lipinski definition) is 2. The van der Waals surface area contributed by atoms with Gasteiger partial charge in [-0.2, -0.15) is 0 Å². The van der Waals surface area contributed by atoms with Gasteiger partial charge in [-0.3, -0.25) is 4.79 Å². The number of amides is 1. The van der Waals surface area contributed by atoms with Gasteiger partial charge in [0.25, 0.3) is 5.91 Å². The Morgan fingerprint density at radius 3 is 3.00 bits per heavy atom. The molecule has 100 valence electrons. The first-order valence-corrected chi connectivity index (χ1v) is 6.83. The molecule has 0 saturated carbocycles. The third kappa shape index (κ3) is 2.49. The highest BCUT2D eigenvalue weighted by atomic mass is 16.2. The van der Waals surface area contributed by atoms with Crippen LogP contribution in [0.4, 0.5) is 0 Å². The number of rotatable bonds is 1. The van der Waals surface area contributed by atoms with Gasteiger partial charge in [0.05, 0.1) is 0 Å². The van der Waals surface area contributed by atoms with Gasteiger partial charge in [0, 0.05) is 30.5 Å². The maximum atomic E-state index is 12.5. The minimum Gasteiger partial charge on any atom is -0.351 e. The third-order valence-electron chi connectivity index (χ3n) is 3.63. The number of aromatic nitrogens is 1. The Hall–Kier alpha value is -1.81. The Morgan fingerprint density at radius 2 is 2.11 bits per heavy atom. The summed E-state index contributed by atoms with van der Waals surface area (Å²) in [5, 5.41) is 4.42. The summed E-state index contributed by atoms with van der Waals surface area (Å²) in [4.78, 5) is 17.6. The number of H-pyrrole nitrogens is 1. The van der Waals surface area contributed by atoms with Crippen LogP contribution in [0, 0.1) is 6.92 Å². The third-order valence-corrected chi connectivity index (χ3v) is 3.63. The number of aromatic amines is 1. The van der Waals surface area contributed by atoms with Crippen LogP contribution in [0.5, 0.6) is 0 Å². The van der Waals surface area contributed by atoms with Gasteiger partial charge in [-0.05, 0) is 38.1 Å². The number of nitrogens with zero attached hydrogens (tertiary/aromatic N) is 1. The number of nitrogens with one attached hydrogen (secondary N) is 2. The first-order valence-electron chi connectivity index (χ1n) is 6.83. The molecule has 1 aliphatic rings. The molecule has 0 spiro atoms. The van der Waals surface area contributed by atoms with E-state index in [1.165, 1.54) is 5.56 Å². The molecule has 3 rings (SSSR count). The SMILES string of the molecule is Cc1ccc2[nH]c(C(=O)N3CCCNCC3)cc2c1. The normalized spacial score (nSPS) is 16.6. The van der Waals surface area contributed by atoms with Crippen molar-refractivity contribution in [3.63, 3.8) is 0 Å². The molecule has 1 fully saturated rings. The van der Waals surface area contributed by atoms with E-state index < -0.39 is 0 Å². The van der Waals surface area contributed by atoms with Crippen molar-refractivity contribution >= 4 is 16.8 Å². The van der Waals surface area contributed by atoms with Gasteiger partial charge < -0.3 is 15.2 Å². The predicted octanol–water partition coefficient (Wildman–Crippen LogP) is 1.91. The Morgan fingerprint density at radius 1 is 1.21 bits per heavy atom. The molecule has 4 nitrogen and oxygen atoms in total. The van der Waals surface area contributed by atoms with Crippen molar-refractivity contribution in [2.75, 3.05) is 26.2 Å². The molecule has 0 radical (unpaired) electrons. The van der Waals surface area contributed by atoms with Crippen molar-refractivity contribution in [2.45, 2.75) is 13.3 Å². The lowest BCUT2D eigenvalue weighted by molar-refractivity contribution is 0.0761. The second kappa shape index (κ2) is 5.05. The van der Waals surface area contributed by atoms with Crippen LogP contribution in [-0.2, 0) is 0 Å². The van der Waals surface area contributed by atoms with E-state index in [0.29, 0.717) is 5.69 Å². The van der Waals surface area contributed by atoms with Gasteiger partial charge in [-0.15, -0.1) is 0 Å². The average Bonchev–Trinajstić information content (AvgIpc) is 2.64. The van der Waals surface area contributed by atoms with Gasteiger partial charge in [0.15, 0.2) is 0 Å². The summed E-state index contributed by atoms with van der Waals surface area (Å²) in [7, 11) is 0. The van der Waals surface area contributed by atoms with E-state index in [1.54, 1.807) is 0 Å². The van der Waals surface area contributed by atoms with Crippen LogP contribution in [0.25, 0.3) is 10.9 Å². The molecule has 4 heteroatoms. The van der Waals surface area contributed by atoms with Crippen molar-refractivity contribution < 1.29 is 4.79 Å². The van der Waals surface area contributed by atoms with Crippen molar-refractivity contribution in [1.82, 2.24) is 15.2 Å². The van der Waals surface area contributed by atoms with Crippen LogP contribution in [0.2, 0.25) is 0 Å². The second-order valence-corrected chi connectivity index (χ2v) is 5.17. The van der Waals surface area contributed by atoms with Gasteiger partial charge in [-0.25, -0.2) is 0 Å². The average molecular weight is 257 g/mol. The molecule has 1 aromatic carbocycles. The summed E-state index contributed by atoms with van der Waals surface area (Å²) in [6.07, 6.45) is 1.02. The van der Waals surface area contributed by atoms with Crippen molar-refractivity contribution in [3.8, 4) is 0 Å². The molecule has 0 aliphatic carbocycles. The molecule has 2 aromatic rings. The number of fused-ring (bicyclic) bond motifs is 1. The molecular formula is C15H19N3O. The highest BCUT2D eigenvalue weighted by Gasteiger charge is 2.18. The van der Waals surface area contributed by atoms with Gasteiger partial charge in [-0.1, -0.05) is 11.6 Å². The minimum absolute atomic E-state index is 0.109. The summed E-state index contributed by atoms with van der Waals surface area (Å²) in [5.41, 5.74) is 2.94. The number of aryl methyl sites for hydroxylation is 1. The molecule has 1 amide bonds. The first kappa shape index (κ1) is 12.2. The quantitative estimate of drug-likeness (QED) is 0.820. The van der Waals surface area contributed by atoms with Crippen LogP contribution in [-0.4, -0.2) is 42.0 Å². The van der Waals surface area contributed by atoms with Gasteiger partial charge in [0.1, 0.15) is 5.69 Å². The molecule has 2 N–H and O–H groups in total. The van der Waals surface area contributed by atoms with Crippen molar-refractivity contribution in [1.29, 1.82) is 0 Å². The smallest absolute Gasteiger partial charge is 0.270 e. The van der Waals surface area contributed by atoms with Crippen LogP contribution < -0.4 is 5.32 Å². The first-order chi connectivity index (χ1) is 9.24. The zero-order chi connectivity index (χ0) is 13.2. The number of carbonyl (C=O) groups excluding carboxylic acids is 1. The fourth-order valence-electron chi connectivity index (χ4n) is 2.59. The maximum absolute atomic E-state index is 12.5. The van der Waals surface area contributed by atoms with Crippen molar-refractivity contribution in [2.24, 2.45) is 0 Å². The summed E-state index contributed by atoms with van der Waals surface area (Å²) in [6, 6.07) is 8.16. The fraction of sp³-hybridized carbons (Fsp3) is 0.400. The molecule has 2 heterocycles. The summed E-state index contributed by atoms with van der Waals surface area (Å²) in [5.74, 6) is 0.109. The van der Waals surface area contributed by atoms with Crippen molar-refractivity contribution in [3.05, 3.63) is 35.5 Å². The van der Waals surface area contributed by atoms with Gasteiger partial charge in [0.2, 0.25) is 0 Å². The largest absolute Gasteiger partial charge is 0.351 e. The van der Waals surface area contributed by atoms with E-state index in [9.17, 15) is 4.79 Å². The van der Waals surface area contributed by atoms with Crippen LogP contribution in [0.3, 0.4) is 0 Å². The lowest BCUT2D eigenvalue weighted by Gasteiger charge is -2.18. The highest BCUT2D eigenvalue weighted by Crippen LogP contribution is 2.18. The molecule has 19 heavy (non-hydrogen) atoms. The topological polar surface area (TPSA) is 48.1 Å². The van der Waals surface area contributed by atoms with E-state index in [0.717, 1.165) is 43.5 Å². The molecule has 0 bridgehead atoms. The van der Waals surface area contributed by atoms with Gasteiger partial charge >= 0.3 is 0 Å². The molecule has 1 aliphatic heterocycles. The van der Waals surface area contributed by atoms with E-state index in [2.05, 4.69) is 29.4 Å². The zero-order valence-corrected chi connectivity index (χ0v) is 11.2. The van der Waals surface area contributed by atoms with Crippen LogP contribution in [0.1, 0.15) is 22.5 Å². The highest BCUT2D eigenvalue weighted by molar-refractivity contribution is 5.98.